The molecule has 5 nitrogen and oxygen atoms in total. The summed E-state index contributed by atoms with van der Waals surface area (Å²) in [6.45, 7) is 2.19. The molecule has 2 heterocycles. The van der Waals surface area contributed by atoms with E-state index in [1.165, 1.54) is 4.68 Å². The Morgan fingerprint density at radius 3 is 2.94 bits per heavy atom. The quantitative estimate of drug-likeness (QED) is 0.851. The topological polar surface area (TPSA) is 63.7 Å². The van der Waals surface area contributed by atoms with E-state index >= 15 is 0 Å². The zero-order chi connectivity index (χ0) is 13.1. The minimum atomic E-state index is 0.238. The molecule has 0 spiro atoms. The van der Waals surface area contributed by atoms with Crippen LogP contribution in [0.5, 0.6) is 0 Å². The Morgan fingerprint density at radius 2 is 2.33 bits per heavy atom. The fourth-order valence-electron chi connectivity index (χ4n) is 1.58. The Bertz CT molecular complexity index is 615. The van der Waals surface area contributed by atoms with Crippen LogP contribution < -0.4 is 0 Å². The number of methoxy groups -OCH3 is 1. The van der Waals surface area contributed by atoms with Gasteiger partial charge in [0, 0.05) is 13.3 Å². The molecule has 6 heteroatoms. The highest BCUT2D eigenvalue weighted by Gasteiger charge is 2.17. The van der Waals surface area contributed by atoms with E-state index in [1.54, 1.807) is 13.3 Å². The van der Waals surface area contributed by atoms with Gasteiger partial charge in [-0.15, -0.1) is 0 Å². The highest BCUT2D eigenvalue weighted by atomic mass is 35.5. The molecule has 2 aromatic heterocycles. The molecule has 0 saturated carbocycles. The summed E-state index contributed by atoms with van der Waals surface area (Å²) in [7, 11) is 1.54. The SMILES string of the molecule is COCc1nn(-c2cc(C)ccn2)c(Cl)c1C#N. The van der Waals surface area contributed by atoms with Crippen molar-refractivity contribution in [1.82, 2.24) is 14.8 Å². The molecular weight excluding hydrogens is 252 g/mol. The van der Waals surface area contributed by atoms with Gasteiger partial charge in [-0.2, -0.15) is 10.4 Å². The Hall–Kier alpha value is -1.90. The fraction of sp³-hybridized carbons (Fsp3) is 0.250. The molecule has 0 aliphatic carbocycles. The zero-order valence-electron chi connectivity index (χ0n) is 10.0. The van der Waals surface area contributed by atoms with Crippen LogP contribution in [0.25, 0.3) is 5.82 Å². The van der Waals surface area contributed by atoms with Gasteiger partial charge in [-0.05, 0) is 24.6 Å². The maximum absolute atomic E-state index is 9.08. The van der Waals surface area contributed by atoms with Crippen molar-refractivity contribution in [2.75, 3.05) is 7.11 Å². The van der Waals surface area contributed by atoms with Crippen molar-refractivity contribution < 1.29 is 4.74 Å². The lowest BCUT2D eigenvalue weighted by atomic mass is 10.3. The number of aryl methyl sites for hydroxylation is 1. The molecule has 92 valence electrons. The normalized spacial score (nSPS) is 10.3. The second-order valence-corrected chi connectivity index (χ2v) is 4.12. The summed E-state index contributed by atoms with van der Waals surface area (Å²) in [6, 6.07) is 5.75. The van der Waals surface area contributed by atoms with Gasteiger partial charge >= 0.3 is 0 Å². The Labute approximate surface area is 110 Å². The molecule has 0 aliphatic rings. The van der Waals surface area contributed by atoms with E-state index < -0.39 is 0 Å². The van der Waals surface area contributed by atoms with Crippen LogP contribution in [-0.4, -0.2) is 21.9 Å². The fourth-order valence-corrected chi connectivity index (χ4v) is 1.85. The molecule has 0 bridgehead atoms. The molecule has 0 amide bonds. The van der Waals surface area contributed by atoms with E-state index in [4.69, 9.17) is 21.6 Å². The lowest BCUT2D eigenvalue weighted by Gasteiger charge is -2.02. The maximum Gasteiger partial charge on any atom is 0.155 e. The molecule has 0 aliphatic heterocycles. The van der Waals surface area contributed by atoms with Crippen molar-refractivity contribution in [2.24, 2.45) is 0 Å². The lowest BCUT2D eigenvalue weighted by molar-refractivity contribution is 0.181. The number of ether oxygens (including phenoxy) is 1. The van der Waals surface area contributed by atoms with Crippen molar-refractivity contribution in [3.8, 4) is 11.9 Å². The smallest absolute Gasteiger partial charge is 0.155 e. The molecule has 0 radical (unpaired) electrons. The van der Waals surface area contributed by atoms with Gasteiger partial charge in [0.2, 0.25) is 0 Å². The monoisotopic (exact) mass is 262 g/mol. The van der Waals surface area contributed by atoms with E-state index in [-0.39, 0.29) is 11.8 Å². The summed E-state index contributed by atoms with van der Waals surface area (Å²) in [5, 5.41) is 13.6. The number of pyridine rings is 1. The summed E-state index contributed by atoms with van der Waals surface area (Å²) >= 11 is 6.13. The van der Waals surface area contributed by atoms with Crippen LogP contribution in [0.2, 0.25) is 5.15 Å². The molecule has 0 atom stereocenters. The Morgan fingerprint density at radius 1 is 1.56 bits per heavy atom. The number of hydrogen-bond acceptors (Lipinski definition) is 4. The highest BCUT2D eigenvalue weighted by Crippen LogP contribution is 2.22. The Kier molecular flexibility index (Phi) is 3.60. The third-order valence-electron chi connectivity index (χ3n) is 2.41. The van der Waals surface area contributed by atoms with Crippen LogP contribution in [0, 0.1) is 18.3 Å². The average Bonchev–Trinajstić information content (AvgIpc) is 2.66. The van der Waals surface area contributed by atoms with Crippen molar-refractivity contribution in [3.63, 3.8) is 0 Å². The van der Waals surface area contributed by atoms with Gasteiger partial charge in [0.15, 0.2) is 11.0 Å². The number of hydrogen-bond donors (Lipinski definition) is 0. The minimum Gasteiger partial charge on any atom is -0.378 e. The van der Waals surface area contributed by atoms with E-state index in [0.29, 0.717) is 17.1 Å². The maximum atomic E-state index is 9.08. The first-order chi connectivity index (χ1) is 8.67. The van der Waals surface area contributed by atoms with Gasteiger partial charge in [0.25, 0.3) is 0 Å². The third-order valence-corrected chi connectivity index (χ3v) is 2.76. The number of nitriles is 1. The number of aromatic nitrogens is 3. The summed E-state index contributed by atoms with van der Waals surface area (Å²) in [5.41, 5.74) is 1.87. The first kappa shape index (κ1) is 12.6. The summed E-state index contributed by atoms with van der Waals surface area (Å²) in [4.78, 5) is 4.19. The van der Waals surface area contributed by atoms with Crippen molar-refractivity contribution in [3.05, 3.63) is 40.3 Å². The predicted octanol–water partition coefficient (Wildman–Crippen LogP) is 2.25. The van der Waals surface area contributed by atoms with Gasteiger partial charge in [0.05, 0.1) is 6.61 Å². The molecule has 0 saturated heterocycles. The van der Waals surface area contributed by atoms with E-state index in [1.807, 2.05) is 25.1 Å². The summed E-state index contributed by atoms with van der Waals surface area (Å²) in [6.07, 6.45) is 1.67. The molecule has 18 heavy (non-hydrogen) atoms. The lowest BCUT2D eigenvalue weighted by Crippen LogP contribution is -2.01. The molecule has 0 N–H and O–H groups in total. The van der Waals surface area contributed by atoms with Gasteiger partial charge in [-0.1, -0.05) is 11.6 Å². The second-order valence-electron chi connectivity index (χ2n) is 3.76. The van der Waals surface area contributed by atoms with E-state index in [9.17, 15) is 0 Å². The van der Waals surface area contributed by atoms with Crippen molar-refractivity contribution in [2.45, 2.75) is 13.5 Å². The minimum absolute atomic E-state index is 0.238. The van der Waals surface area contributed by atoms with Gasteiger partial charge in [-0.25, -0.2) is 9.67 Å². The summed E-state index contributed by atoms with van der Waals surface area (Å²) in [5.74, 6) is 0.582. The van der Waals surface area contributed by atoms with Crippen LogP contribution in [0.15, 0.2) is 18.3 Å². The van der Waals surface area contributed by atoms with Gasteiger partial charge < -0.3 is 4.74 Å². The summed E-state index contributed by atoms with van der Waals surface area (Å²) < 4.78 is 6.44. The second kappa shape index (κ2) is 5.17. The third kappa shape index (κ3) is 2.21. The van der Waals surface area contributed by atoms with Crippen LogP contribution in [0.4, 0.5) is 0 Å². The van der Waals surface area contributed by atoms with E-state index in [0.717, 1.165) is 5.56 Å². The van der Waals surface area contributed by atoms with Crippen LogP contribution in [-0.2, 0) is 11.3 Å². The van der Waals surface area contributed by atoms with Gasteiger partial charge in [-0.3, -0.25) is 0 Å². The first-order valence-corrected chi connectivity index (χ1v) is 5.64. The highest BCUT2D eigenvalue weighted by molar-refractivity contribution is 6.31. The van der Waals surface area contributed by atoms with Crippen LogP contribution >= 0.6 is 11.6 Å². The largest absolute Gasteiger partial charge is 0.378 e. The van der Waals surface area contributed by atoms with Crippen LogP contribution in [0.1, 0.15) is 16.8 Å². The zero-order valence-corrected chi connectivity index (χ0v) is 10.8. The number of halogens is 1. The standard InChI is InChI=1S/C12H11ClN4O/c1-8-3-4-15-11(5-8)17-12(13)9(6-14)10(16-17)7-18-2/h3-5H,7H2,1-2H3. The molecule has 0 unspecified atom stereocenters. The Balaban J connectivity index is 2.56. The predicted molar refractivity (Wildman–Crippen MR) is 66.5 cm³/mol. The first-order valence-electron chi connectivity index (χ1n) is 5.27. The van der Waals surface area contributed by atoms with Crippen LogP contribution in [0.3, 0.4) is 0 Å². The molecule has 2 aromatic rings. The number of nitrogens with zero attached hydrogens (tertiary/aromatic N) is 4. The number of rotatable bonds is 3. The molecule has 2 rings (SSSR count). The average molecular weight is 263 g/mol. The van der Waals surface area contributed by atoms with Crippen molar-refractivity contribution in [1.29, 1.82) is 5.26 Å². The molecular formula is C12H11ClN4O. The van der Waals surface area contributed by atoms with E-state index in [2.05, 4.69) is 10.1 Å². The molecule has 0 aromatic carbocycles. The molecule has 0 fully saturated rings. The van der Waals surface area contributed by atoms with Crippen molar-refractivity contribution >= 4 is 11.6 Å². The van der Waals surface area contributed by atoms with Gasteiger partial charge in [0.1, 0.15) is 17.3 Å².